The molecule has 3 rings (SSSR count). The van der Waals surface area contributed by atoms with Gasteiger partial charge in [0, 0.05) is 31.3 Å². The molecule has 20 heavy (non-hydrogen) atoms. The van der Waals surface area contributed by atoms with Crippen molar-refractivity contribution in [3.8, 4) is 0 Å². The van der Waals surface area contributed by atoms with Crippen LogP contribution in [0.2, 0.25) is 0 Å². The summed E-state index contributed by atoms with van der Waals surface area (Å²) < 4.78 is 0. The van der Waals surface area contributed by atoms with Crippen molar-refractivity contribution < 1.29 is 4.92 Å². The fourth-order valence-electron chi connectivity index (χ4n) is 2.24. The van der Waals surface area contributed by atoms with Gasteiger partial charge in [-0.2, -0.15) is 0 Å². The van der Waals surface area contributed by atoms with E-state index in [9.17, 15) is 19.7 Å². The molecular formula is C12H12N4O4. The molecule has 0 spiro atoms. The standard InChI is InChI=1S/C12H12N4O4/c1-6-4-15(6)5-7-2-8(16(19)20)3-9-10(7)14-12(18)11(17)13-9/h2-3,6H,4-5H2,1H3,(H,13,17)(H,14,18). The minimum atomic E-state index is -0.816. The van der Waals surface area contributed by atoms with Gasteiger partial charge >= 0.3 is 11.1 Å². The van der Waals surface area contributed by atoms with Crippen molar-refractivity contribution in [2.45, 2.75) is 19.5 Å². The molecule has 0 bridgehead atoms. The van der Waals surface area contributed by atoms with Crippen LogP contribution >= 0.6 is 0 Å². The fourth-order valence-corrected chi connectivity index (χ4v) is 2.24. The van der Waals surface area contributed by atoms with E-state index in [1.165, 1.54) is 12.1 Å². The zero-order valence-corrected chi connectivity index (χ0v) is 10.7. The lowest BCUT2D eigenvalue weighted by molar-refractivity contribution is -0.384. The van der Waals surface area contributed by atoms with E-state index in [1.54, 1.807) is 0 Å². The first-order chi connectivity index (χ1) is 9.45. The number of hydrogen-bond donors (Lipinski definition) is 2. The molecule has 1 aliphatic heterocycles. The van der Waals surface area contributed by atoms with Crippen LogP contribution in [-0.2, 0) is 6.54 Å². The number of fused-ring (bicyclic) bond motifs is 1. The van der Waals surface area contributed by atoms with E-state index in [0.717, 1.165) is 6.54 Å². The minimum Gasteiger partial charge on any atom is -0.316 e. The molecule has 2 atom stereocenters. The van der Waals surface area contributed by atoms with Crippen LogP contribution in [0, 0.1) is 10.1 Å². The minimum absolute atomic E-state index is 0.107. The molecule has 104 valence electrons. The van der Waals surface area contributed by atoms with Crippen molar-refractivity contribution in [3.05, 3.63) is 48.5 Å². The van der Waals surface area contributed by atoms with Crippen LogP contribution in [-0.4, -0.2) is 32.4 Å². The maximum Gasteiger partial charge on any atom is 0.314 e. The number of H-pyrrole nitrogens is 2. The van der Waals surface area contributed by atoms with Crippen molar-refractivity contribution in [1.82, 2.24) is 14.9 Å². The highest BCUT2D eigenvalue weighted by Crippen LogP contribution is 2.26. The Bertz CT molecular complexity index is 822. The average Bonchev–Trinajstić information content (AvgIpc) is 3.06. The van der Waals surface area contributed by atoms with Gasteiger partial charge in [-0.15, -0.1) is 0 Å². The van der Waals surface area contributed by atoms with Crippen LogP contribution in [0.1, 0.15) is 12.5 Å². The highest BCUT2D eigenvalue weighted by Gasteiger charge is 2.29. The zero-order valence-electron chi connectivity index (χ0n) is 10.7. The summed E-state index contributed by atoms with van der Waals surface area (Å²) >= 11 is 0. The number of non-ortho nitro benzene ring substituents is 1. The van der Waals surface area contributed by atoms with Gasteiger partial charge in [0.05, 0.1) is 16.0 Å². The van der Waals surface area contributed by atoms with Crippen LogP contribution in [0.15, 0.2) is 21.7 Å². The largest absolute Gasteiger partial charge is 0.316 e. The van der Waals surface area contributed by atoms with E-state index in [1.807, 2.05) is 6.92 Å². The topological polar surface area (TPSA) is 112 Å². The fraction of sp³-hybridized carbons (Fsp3) is 0.333. The van der Waals surface area contributed by atoms with Crippen LogP contribution in [0.25, 0.3) is 11.0 Å². The zero-order chi connectivity index (χ0) is 14.4. The highest BCUT2D eigenvalue weighted by molar-refractivity contribution is 5.80. The normalized spacial score (nSPS) is 21.1. The molecule has 8 nitrogen and oxygen atoms in total. The second-order valence-corrected chi connectivity index (χ2v) is 4.97. The molecule has 8 heteroatoms. The van der Waals surface area contributed by atoms with Gasteiger partial charge in [0.1, 0.15) is 0 Å². The number of aromatic amines is 2. The Hall–Kier alpha value is -2.48. The van der Waals surface area contributed by atoms with Gasteiger partial charge in [-0.25, -0.2) is 0 Å². The van der Waals surface area contributed by atoms with Gasteiger partial charge < -0.3 is 9.97 Å². The Morgan fingerprint density at radius 1 is 1.35 bits per heavy atom. The predicted octanol–water partition coefficient (Wildman–Crippen LogP) is 0.329. The third kappa shape index (κ3) is 2.10. The number of nitrogens with one attached hydrogen (secondary N) is 2. The van der Waals surface area contributed by atoms with Crippen molar-refractivity contribution in [2.75, 3.05) is 6.54 Å². The second kappa shape index (κ2) is 4.27. The van der Waals surface area contributed by atoms with Crippen LogP contribution in [0.3, 0.4) is 0 Å². The Morgan fingerprint density at radius 3 is 2.60 bits per heavy atom. The Morgan fingerprint density at radius 2 is 2.00 bits per heavy atom. The molecule has 1 aromatic carbocycles. The third-order valence-corrected chi connectivity index (χ3v) is 3.47. The first kappa shape index (κ1) is 12.5. The van der Waals surface area contributed by atoms with Gasteiger partial charge in [0.2, 0.25) is 0 Å². The maximum atomic E-state index is 11.4. The van der Waals surface area contributed by atoms with E-state index in [0.29, 0.717) is 23.7 Å². The van der Waals surface area contributed by atoms with E-state index in [2.05, 4.69) is 14.9 Å². The summed E-state index contributed by atoms with van der Waals surface area (Å²) in [4.78, 5) is 40.1. The first-order valence-electron chi connectivity index (χ1n) is 6.13. The summed E-state index contributed by atoms with van der Waals surface area (Å²) in [6.07, 6.45) is 0. The summed E-state index contributed by atoms with van der Waals surface area (Å²) in [6.45, 7) is 3.46. The van der Waals surface area contributed by atoms with E-state index >= 15 is 0 Å². The molecule has 0 amide bonds. The third-order valence-electron chi connectivity index (χ3n) is 3.47. The Kier molecular flexibility index (Phi) is 2.68. The number of benzene rings is 1. The van der Waals surface area contributed by atoms with Gasteiger partial charge in [-0.3, -0.25) is 24.6 Å². The predicted molar refractivity (Wildman–Crippen MR) is 71.7 cm³/mol. The summed E-state index contributed by atoms with van der Waals surface area (Å²) in [6, 6.07) is 3.11. The maximum absolute atomic E-state index is 11.4. The van der Waals surface area contributed by atoms with Gasteiger partial charge in [0.15, 0.2) is 0 Å². The van der Waals surface area contributed by atoms with Crippen molar-refractivity contribution in [2.24, 2.45) is 0 Å². The molecule has 2 aromatic rings. The second-order valence-electron chi connectivity index (χ2n) is 4.97. The summed E-state index contributed by atoms with van der Waals surface area (Å²) in [5.74, 6) is 0. The van der Waals surface area contributed by atoms with E-state index in [4.69, 9.17) is 0 Å². The highest BCUT2D eigenvalue weighted by atomic mass is 16.6. The molecule has 0 saturated carbocycles. The Balaban J connectivity index is 2.22. The summed E-state index contributed by atoms with van der Waals surface area (Å²) in [7, 11) is 0. The van der Waals surface area contributed by atoms with Crippen LogP contribution in [0.5, 0.6) is 0 Å². The molecule has 0 aliphatic carbocycles. The lowest BCUT2D eigenvalue weighted by atomic mass is 10.1. The number of nitrogens with zero attached hydrogens (tertiary/aromatic N) is 2. The van der Waals surface area contributed by atoms with Crippen molar-refractivity contribution in [3.63, 3.8) is 0 Å². The number of rotatable bonds is 3. The van der Waals surface area contributed by atoms with Crippen LogP contribution < -0.4 is 11.1 Å². The van der Waals surface area contributed by atoms with E-state index < -0.39 is 16.0 Å². The molecule has 2 unspecified atom stereocenters. The Labute approximate surface area is 112 Å². The summed E-state index contributed by atoms with van der Waals surface area (Å²) in [5.41, 5.74) is -0.334. The molecule has 2 heterocycles. The van der Waals surface area contributed by atoms with Crippen LogP contribution in [0.4, 0.5) is 5.69 Å². The molecule has 0 radical (unpaired) electrons. The van der Waals surface area contributed by atoms with Gasteiger partial charge in [-0.05, 0) is 12.5 Å². The van der Waals surface area contributed by atoms with Gasteiger partial charge in [0.25, 0.3) is 5.69 Å². The van der Waals surface area contributed by atoms with Crippen molar-refractivity contribution >= 4 is 16.7 Å². The average molecular weight is 276 g/mol. The number of nitro benzene ring substituents is 1. The SMILES string of the molecule is CC1CN1Cc1cc([N+](=O)[O-])cc2[nH]c(=O)c(=O)[nH]c12. The lowest BCUT2D eigenvalue weighted by Crippen LogP contribution is -2.29. The molecule has 1 aromatic heterocycles. The number of aromatic nitrogens is 2. The molecule has 1 aliphatic rings. The first-order valence-corrected chi connectivity index (χ1v) is 6.13. The molecule has 1 fully saturated rings. The number of hydrogen-bond acceptors (Lipinski definition) is 5. The molecule has 2 N–H and O–H groups in total. The van der Waals surface area contributed by atoms with Crippen molar-refractivity contribution in [1.29, 1.82) is 0 Å². The summed E-state index contributed by atoms with van der Waals surface area (Å²) in [5, 5.41) is 10.9. The lowest BCUT2D eigenvalue weighted by Gasteiger charge is -2.07. The van der Waals surface area contributed by atoms with Gasteiger partial charge in [-0.1, -0.05) is 0 Å². The van der Waals surface area contributed by atoms with E-state index in [-0.39, 0.29) is 11.2 Å². The number of nitro groups is 1. The molecular weight excluding hydrogens is 264 g/mol. The molecule has 1 saturated heterocycles. The monoisotopic (exact) mass is 276 g/mol. The smallest absolute Gasteiger partial charge is 0.314 e. The quantitative estimate of drug-likeness (QED) is 0.363.